The summed E-state index contributed by atoms with van der Waals surface area (Å²) in [7, 11) is 0. The highest BCUT2D eigenvalue weighted by Gasteiger charge is 2.60. The third-order valence-electron chi connectivity index (χ3n) is 6.44. The number of hydrogen-bond acceptors (Lipinski definition) is 2. The standard InChI is InChI=1S/C17H24O2/c1-2-16(18)19-15-9-11-8-14(15)17-12-6-4-3-5-10(12)7-13(11)17/h3-4,10-15,17H,2,5-9H2,1H3. The molecule has 0 N–H and O–H groups in total. The first-order valence-electron chi connectivity index (χ1n) is 8.12. The van der Waals surface area contributed by atoms with E-state index in [0.717, 1.165) is 36.0 Å². The first-order chi connectivity index (χ1) is 9.28. The molecule has 0 aromatic carbocycles. The normalized spacial score (nSPS) is 50.1. The van der Waals surface area contributed by atoms with E-state index < -0.39 is 0 Å². The van der Waals surface area contributed by atoms with Crippen LogP contribution in [0.4, 0.5) is 0 Å². The van der Waals surface area contributed by atoms with E-state index in [1.165, 1.54) is 25.7 Å². The summed E-state index contributed by atoms with van der Waals surface area (Å²) in [6, 6.07) is 0. The Labute approximate surface area is 115 Å². The van der Waals surface area contributed by atoms with Gasteiger partial charge in [-0.25, -0.2) is 0 Å². The minimum absolute atomic E-state index is 0.00665. The van der Waals surface area contributed by atoms with Gasteiger partial charge in [-0.3, -0.25) is 4.79 Å². The van der Waals surface area contributed by atoms with Gasteiger partial charge >= 0.3 is 5.97 Å². The van der Waals surface area contributed by atoms with Gasteiger partial charge in [0, 0.05) is 6.42 Å². The van der Waals surface area contributed by atoms with E-state index in [1.807, 2.05) is 6.92 Å². The third kappa shape index (κ3) is 1.71. The fraction of sp³-hybridized carbons (Fsp3) is 0.824. The van der Waals surface area contributed by atoms with Gasteiger partial charge in [0.25, 0.3) is 0 Å². The van der Waals surface area contributed by atoms with Crippen LogP contribution in [0.5, 0.6) is 0 Å². The lowest BCUT2D eigenvalue weighted by Gasteiger charge is -2.35. The average Bonchev–Trinajstić information content (AvgIpc) is 3.07. The Kier molecular flexibility index (Phi) is 2.75. The lowest BCUT2D eigenvalue weighted by Crippen LogP contribution is -2.35. The molecule has 0 saturated heterocycles. The van der Waals surface area contributed by atoms with E-state index in [-0.39, 0.29) is 12.1 Å². The highest BCUT2D eigenvalue weighted by molar-refractivity contribution is 5.69. The summed E-state index contributed by atoms with van der Waals surface area (Å²) < 4.78 is 5.73. The zero-order valence-corrected chi connectivity index (χ0v) is 11.8. The summed E-state index contributed by atoms with van der Waals surface area (Å²) in [6.45, 7) is 1.90. The largest absolute Gasteiger partial charge is 0.462 e. The van der Waals surface area contributed by atoms with Gasteiger partial charge in [0.2, 0.25) is 0 Å². The molecule has 0 spiro atoms. The molecule has 2 nitrogen and oxygen atoms in total. The molecule has 4 rings (SSSR count). The van der Waals surface area contributed by atoms with Crippen molar-refractivity contribution in [3.05, 3.63) is 12.2 Å². The smallest absolute Gasteiger partial charge is 0.305 e. The van der Waals surface area contributed by atoms with E-state index >= 15 is 0 Å². The van der Waals surface area contributed by atoms with Crippen LogP contribution in [0, 0.1) is 35.5 Å². The van der Waals surface area contributed by atoms with Crippen molar-refractivity contribution in [3.8, 4) is 0 Å². The van der Waals surface area contributed by atoms with Crippen LogP contribution in [0.2, 0.25) is 0 Å². The van der Waals surface area contributed by atoms with Crippen molar-refractivity contribution in [2.24, 2.45) is 35.5 Å². The molecule has 3 saturated carbocycles. The molecule has 104 valence electrons. The first kappa shape index (κ1) is 12.0. The van der Waals surface area contributed by atoms with E-state index in [2.05, 4.69) is 12.2 Å². The quantitative estimate of drug-likeness (QED) is 0.560. The van der Waals surface area contributed by atoms with Gasteiger partial charge in [-0.05, 0) is 67.6 Å². The molecule has 19 heavy (non-hydrogen) atoms. The Morgan fingerprint density at radius 3 is 2.68 bits per heavy atom. The van der Waals surface area contributed by atoms with Crippen LogP contribution >= 0.6 is 0 Å². The maximum absolute atomic E-state index is 11.6. The molecule has 0 heterocycles. The van der Waals surface area contributed by atoms with Crippen LogP contribution in [-0.2, 0) is 9.53 Å². The second kappa shape index (κ2) is 4.36. The van der Waals surface area contributed by atoms with Crippen molar-refractivity contribution in [2.75, 3.05) is 0 Å². The summed E-state index contributed by atoms with van der Waals surface area (Å²) in [4.78, 5) is 11.6. The van der Waals surface area contributed by atoms with Crippen molar-refractivity contribution in [1.29, 1.82) is 0 Å². The molecule has 0 aromatic heterocycles. The lowest BCUT2D eigenvalue weighted by atomic mass is 9.73. The molecule has 4 aliphatic carbocycles. The van der Waals surface area contributed by atoms with E-state index in [4.69, 9.17) is 4.74 Å². The van der Waals surface area contributed by atoms with Gasteiger partial charge < -0.3 is 4.74 Å². The molecule has 3 fully saturated rings. The number of fused-ring (bicyclic) bond motifs is 7. The van der Waals surface area contributed by atoms with Gasteiger partial charge in [-0.2, -0.15) is 0 Å². The topological polar surface area (TPSA) is 26.3 Å². The molecule has 0 aromatic rings. The van der Waals surface area contributed by atoms with Gasteiger partial charge in [0.05, 0.1) is 0 Å². The number of rotatable bonds is 2. The second-order valence-electron chi connectivity index (χ2n) is 7.12. The molecule has 2 heteroatoms. The second-order valence-corrected chi connectivity index (χ2v) is 7.12. The SMILES string of the molecule is CCC(=O)OC1CC2CC1C1C3CC=CCC3CC21. The summed E-state index contributed by atoms with van der Waals surface area (Å²) in [6.07, 6.45) is 12.1. The van der Waals surface area contributed by atoms with Crippen molar-refractivity contribution >= 4 is 5.97 Å². The fourth-order valence-electron chi connectivity index (χ4n) is 5.81. The molecule has 4 aliphatic rings. The summed E-state index contributed by atoms with van der Waals surface area (Å²) in [5, 5.41) is 0. The van der Waals surface area contributed by atoms with E-state index in [1.54, 1.807) is 0 Å². The van der Waals surface area contributed by atoms with Gasteiger partial charge in [0.15, 0.2) is 0 Å². The molecule has 2 bridgehead atoms. The van der Waals surface area contributed by atoms with E-state index in [0.29, 0.717) is 12.3 Å². The molecular weight excluding hydrogens is 236 g/mol. The highest BCUT2D eigenvalue weighted by Crippen LogP contribution is 2.64. The zero-order valence-electron chi connectivity index (χ0n) is 11.8. The van der Waals surface area contributed by atoms with Crippen LogP contribution in [-0.4, -0.2) is 12.1 Å². The molecule has 7 atom stereocenters. The monoisotopic (exact) mass is 260 g/mol. The minimum atomic E-state index is 0.00665. The Hall–Kier alpha value is -0.790. The van der Waals surface area contributed by atoms with Crippen molar-refractivity contribution in [2.45, 2.75) is 51.6 Å². The molecule has 0 aliphatic heterocycles. The predicted molar refractivity (Wildman–Crippen MR) is 73.3 cm³/mol. The number of esters is 1. The van der Waals surface area contributed by atoms with Crippen molar-refractivity contribution in [3.63, 3.8) is 0 Å². The van der Waals surface area contributed by atoms with Crippen LogP contribution in [0.3, 0.4) is 0 Å². The number of carbonyl (C=O) groups excluding carboxylic acids is 1. The highest BCUT2D eigenvalue weighted by atomic mass is 16.5. The Morgan fingerprint density at radius 2 is 1.84 bits per heavy atom. The Morgan fingerprint density at radius 1 is 1.05 bits per heavy atom. The Bertz CT molecular complexity index is 413. The molecule has 7 unspecified atom stereocenters. The van der Waals surface area contributed by atoms with Gasteiger partial charge in [-0.1, -0.05) is 19.1 Å². The maximum atomic E-state index is 11.6. The summed E-state index contributed by atoms with van der Waals surface area (Å²) in [5.41, 5.74) is 0. The molecule has 0 amide bonds. The predicted octanol–water partition coefficient (Wildman–Crippen LogP) is 3.57. The molecule has 0 radical (unpaired) electrons. The summed E-state index contributed by atoms with van der Waals surface area (Å²) >= 11 is 0. The average molecular weight is 260 g/mol. The summed E-state index contributed by atoms with van der Waals surface area (Å²) in [5.74, 6) is 5.20. The molecular formula is C17H24O2. The fourth-order valence-corrected chi connectivity index (χ4v) is 5.81. The Balaban J connectivity index is 1.53. The third-order valence-corrected chi connectivity index (χ3v) is 6.44. The number of allylic oxidation sites excluding steroid dienone is 2. The van der Waals surface area contributed by atoms with Crippen LogP contribution in [0.15, 0.2) is 12.2 Å². The number of ether oxygens (including phenoxy) is 1. The van der Waals surface area contributed by atoms with Gasteiger partial charge in [-0.15, -0.1) is 0 Å². The van der Waals surface area contributed by atoms with Crippen LogP contribution in [0.1, 0.15) is 45.4 Å². The zero-order chi connectivity index (χ0) is 13.0. The number of hydrogen-bond donors (Lipinski definition) is 0. The van der Waals surface area contributed by atoms with Gasteiger partial charge in [0.1, 0.15) is 6.10 Å². The van der Waals surface area contributed by atoms with Crippen LogP contribution < -0.4 is 0 Å². The lowest BCUT2D eigenvalue weighted by molar-refractivity contribution is -0.153. The first-order valence-corrected chi connectivity index (χ1v) is 8.12. The van der Waals surface area contributed by atoms with E-state index in [9.17, 15) is 4.79 Å². The maximum Gasteiger partial charge on any atom is 0.305 e. The van der Waals surface area contributed by atoms with Crippen molar-refractivity contribution in [1.82, 2.24) is 0 Å². The minimum Gasteiger partial charge on any atom is -0.462 e. The van der Waals surface area contributed by atoms with Crippen LogP contribution in [0.25, 0.3) is 0 Å². The van der Waals surface area contributed by atoms with Crippen molar-refractivity contribution < 1.29 is 9.53 Å². The number of carbonyl (C=O) groups is 1.